The summed E-state index contributed by atoms with van der Waals surface area (Å²) in [6, 6.07) is 6.93. The van der Waals surface area contributed by atoms with Gasteiger partial charge in [0.15, 0.2) is 0 Å². The van der Waals surface area contributed by atoms with Crippen molar-refractivity contribution in [1.29, 1.82) is 0 Å². The highest BCUT2D eigenvalue weighted by atomic mass is 14.9. The minimum Gasteiger partial charge on any atom is -0.312 e. The molecule has 0 unspecified atom stereocenters. The molecule has 104 valence electrons. The maximum atomic E-state index is 3.68. The van der Waals surface area contributed by atoms with Gasteiger partial charge in [-0.05, 0) is 34.9 Å². The van der Waals surface area contributed by atoms with Gasteiger partial charge in [-0.25, -0.2) is 0 Å². The minimum absolute atomic E-state index is 0.538. The lowest BCUT2D eigenvalue weighted by molar-refractivity contribution is 0.207. The zero-order valence-corrected chi connectivity index (χ0v) is 12.1. The Kier molecular flexibility index (Phi) is 3.90. The quantitative estimate of drug-likeness (QED) is 0.865. The smallest absolute Gasteiger partial charge is 0.0212 e. The topological polar surface area (TPSA) is 24.1 Å². The molecule has 3 rings (SSSR count). The molecule has 0 spiro atoms. The van der Waals surface area contributed by atoms with Crippen LogP contribution in [0.25, 0.3) is 0 Å². The summed E-state index contributed by atoms with van der Waals surface area (Å²) in [5.74, 6) is 0. The fourth-order valence-corrected chi connectivity index (χ4v) is 3.55. The summed E-state index contributed by atoms with van der Waals surface area (Å²) in [7, 11) is 0. The molecule has 1 fully saturated rings. The Bertz CT molecular complexity index is 433. The maximum Gasteiger partial charge on any atom is 0.0212 e. The molecule has 0 saturated heterocycles. The summed E-state index contributed by atoms with van der Waals surface area (Å²) in [4.78, 5) is 0. The number of nitrogens with one attached hydrogen (secondary N) is 2. The molecule has 1 heterocycles. The van der Waals surface area contributed by atoms with Gasteiger partial charge in [0.25, 0.3) is 0 Å². The lowest BCUT2D eigenvalue weighted by atomic mass is 9.76. The Morgan fingerprint density at radius 1 is 1.11 bits per heavy atom. The van der Waals surface area contributed by atoms with E-state index >= 15 is 0 Å². The number of benzene rings is 1. The van der Waals surface area contributed by atoms with Crippen LogP contribution in [0, 0.1) is 5.41 Å². The van der Waals surface area contributed by atoms with Gasteiger partial charge in [-0.2, -0.15) is 0 Å². The number of hydrogen-bond acceptors (Lipinski definition) is 2. The van der Waals surface area contributed by atoms with E-state index in [2.05, 4.69) is 35.8 Å². The summed E-state index contributed by atoms with van der Waals surface area (Å²) in [6.07, 6.45) is 7.07. The van der Waals surface area contributed by atoms with Crippen LogP contribution in [0.4, 0.5) is 0 Å². The first-order chi connectivity index (χ1) is 9.25. The summed E-state index contributed by atoms with van der Waals surface area (Å²) >= 11 is 0. The van der Waals surface area contributed by atoms with Crippen molar-refractivity contribution >= 4 is 0 Å². The van der Waals surface area contributed by atoms with E-state index in [9.17, 15) is 0 Å². The van der Waals surface area contributed by atoms with Crippen molar-refractivity contribution in [1.82, 2.24) is 10.6 Å². The molecular formula is C17H26N2. The number of fused-ring (bicyclic) bond motifs is 1. The standard InChI is InChI=1S/C17H26N2/c1-17(7-3-2-4-8-17)13-19-10-14-5-6-15-11-18-12-16(15)9-14/h5-6,9,18-19H,2-4,7-8,10-13H2,1H3. The molecule has 0 atom stereocenters. The van der Waals surface area contributed by atoms with Crippen molar-refractivity contribution < 1.29 is 0 Å². The average Bonchev–Trinajstić information content (AvgIpc) is 2.87. The lowest BCUT2D eigenvalue weighted by Crippen LogP contribution is -2.33. The molecule has 2 nitrogen and oxygen atoms in total. The second-order valence-electron chi connectivity index (χ2n) is 6.68. The van der Waals surface area contributed by atoms with Gasteiger partial charge in [-0.3, -0.25) is 0 Å². The van der Waals surface area contributed by atoms with Crippen LogP contribution in [-0.4, -0.2) is 6.54 Å². The normalized spacial score (nSPS) is 21.3. The van der Waals surface area contributed by atoms with Gasteiger partial charge in [0.2, 0.25) is 0 Å². The van der Waals surface area contributed by atoms with E-state index in [0.717, 1.165) is 19.6 Å². The van der Waals surface area contributed by atoms with E-state index in [0.29, 0.717) is 5.41 Å². The minimum atomic E-state index is 0.538. The molecule has 1 aliphatic heterocycles. The van der Waals surface area contributed by atoms with Crippen LogP contribution in [-0.2, 0) is 19.6 Å². The fraction of sp³-hybridized carbons (Fsp3) is 0.647. The van der Waals surface area contributed by atoms with Gasteiger partial charge in [-0.15, -0.1) is 0 Å². The zero-order valence-electron chi connectivity index (χ0n) is 12.1. The Morgan fingerprint density at radius 3 is 2.74 bits per heavy atom. The maximum absolute atomic E-state index is 3.68. The molecule has 1 aromatic rings. The van der Waals surface area contributed by atoms with Gasteiger partial charge < -0.3 is 10.6 Å². The summed E-state index contributed by atoms with van der Waals surface area (Å²) < 4.78 is 0. The molecule has 1 saturated carbocycles. The van der Waals surface area contributed by atoms with E-state index in [4.69, 9.17) is 0 Å². The zero-order chi connectivity index (χ0) is 13.1. The Balaban J connectivity index is 1.52. The van der Waals surface area contributed by atoms with Crippen molar-refractivity contribution in [2.75, 3.05) is 6.54 Å². The van der Waals surface area contributed by atoms with Crippen LogP contribution in [0.3, 0.4) is 0 Å². The van der Waals surface area contributed by atoms with E-state index in [-0.39, 0.29) is 0 Å². The molecular weight excluding hydrogens is 232 g/mol. The number of hydrogen-bond donors (Lipinski definition) is 2. The van der Waals surface area contributed by atoms with Crippen LogP contribution in [0.1, 0.15) is 55.7 Å². The third-order valence-corrected chi connectivity index (χ3v) is 4.84. The average molecular weight is 258 g/mol. The van der Waals surface area contributed by atoms with Crippen molar-refractivity contribution in [2.24, 2.45) is 5.41 Å². The highest BCUT2D eigenvalue weighted by Crippen LogP contribution is 2.34. The Hall–Kier alpha value is -0.860. The molecule has 2 aliphatic rings. The molecule has 2 heteroatoms. The molecule has 2 N–H and O–H groups in total. The highest BCUT2D eigenvalue weighted by Gasteiger charge is 2.25. The van der Waals surface area contributed by atoms with Gasteiger partial charge in [0.1, 0.15) is 0 Å². The Labute approximate surface area is 117 Å². The first kappa shape index (κ1) is 13.1. The molecule has 0 radical (unpaired) electrons. The monoisotopic (exact) mass is 258 g/mol. The van der Waals surface area contributed by atoms with Crippen molar-refractivity contribution in [3.8, 4) is 0 Å². The summed E-state index contributed by atoms with van der Waals surface area (Å²) in [5, 5.41) is 7.09. The van der Waals surface area contributed by atoms with E-state index in [1.807, 2.05) is 0 Å². The van der Waals surface area contributed by atoms with Gasteiger partial charge >= 0.3 is 0 Å². The second kappa shape index (κ2) is 5.64. The number of rotatable bonds is 4. The second-order valence-corrected chi connectivity index (χ2v) is 6.68. The summed E-state index contributed by atoms with van der Waals surface area (Å²) in [5.41, 5.74) is 4.93. The van der Waals surface area contributed by atoms with E-state index < -0.39 is 0 Å². The predicted octanol–water partition coefficient (Wildman–Crippen LogP) is 3.35. The molecule has 0 amide bonds. The molecule has 0 aromatic heterocycles. The van der Waals surface area contributed by atoms with Crippen molar-refractivity contribution in [3.05, 3.63) is 34.9 Å². The SMILES string of the molecule is CC1(CNCc2ccc3c(c2)CNC3)CCCCC1. The highest BCUT2D eigenvalue weighted by molar-refractivity contribution is 5.34. The van der Waals surface area contributed by atoms with Crippen LogP contribution in [0.15, 0.2) is 18.2 Å². The van der Waals surface area contributed by atoms with Gasteiger partial charge in [-0.1, -0.05) is 44.4 Å². The fourth-order valence-electron chi connectivity index (χ4n) is 3.55. The van der Waals surface area contributed by atoms with Gasteiger partial charge in [0, 0.05) is 26.2 Å². The van der Waals surface area contributed by atoms with Crippen molar-refractivity contribution in [2.45, 2.75) is 58.7 Å². The Morgan fingerprint density at radius 2 is 1.89 bits per heavy atom. The third-order valence-electron chi connectivity index (χ3n) is 4.84. The van der Waals surface area contributed by atoms with Crippen LogP contribution < -0.4 is 10.6 Å². The third kappa shape index (κ3) is 3.18. The molecule has 1 aliphatic carbocycles. The lowest BCUT2D eigenvalue weighted by Gasteiger charge is -2.33. The summed E-state index contributed by atoms with van der Waals surface area (Å²) in [6.45, 7) is 6.72. The molecule has 0 bridgehead atoms. The predicted molar refractivity (Wildman–Crippen MR) is 79.9 cm³/mol. The first-order valence-corrected chi connectivity index (χ1v) is 7.77. The van der Waals surface area contributed by atoms with Crippen LogP contribution in [0.5, 0.6) is 0 Å². The van der Waals surface area contributed by atoms with Crippen LogP contribution in [0.2, 0.25) is 0 Å². The van der Waals surface area contributed by atoms with E-state index in [1.165, 1.54) is 55.3 Å². The largest absolute Gasteiger partial charge is 0.312 e. The van der Waals surface area contributed by atoms with Gasteiger partial charge in [0.05, 0.1) is 0 Å². The molecule has 19 heavy (non-hydrogen) atoms. The first-order valence-electron chi connectivity index (χ1n) is 7.77. The van der Waals surface area contributed by atoms with Crippen molar-refractivity contribution in [3.63, 3.8) is 0 Å². The van der Waals surface area contributed by atoms with E-state index in [1.54, 1.807) is 0 Å². The van der Waals surface area contributed by atoms with Crippen LogP contribution >= 0.6 is 0 Å². The molecule has 1 aromatic carbocycles.